The Hall–Kier alpha value is -1.93. The zero-order chi connectivity index (χ0) is 10.9. The Morgan fingerprint density at radius 3 is 2.00 bits per heavy atom. The van der Waals surface area contributed by atoms with Crippen molar-refractivity contribution in [1.29, 1.82) is 0 Å². The minimum atomic E-state index is -4.27. The SMILES string of the molecule is Cl.[N-]=[N+]=NS(=O)(=O)N=[N+]=[N-].c1c[nH]cn1. The molecule has 0 aliphatic heterocycles. The highest BCUT2D eigenvalue weighted by molar-refractivity contribution is 7.88. The van der Waals surface area contributed by atoms with Crippen LogP contribution in [0.1, 0.15) is 0 Å². The number of imidazole rings is 1. The third-order valence-electron chi connectivity index (χ3n) is 0.685. The van der Waals surface area contributed by atoms with Crippen molar-refractivity contribution in [2.24, 2.45) is 9.04 Å². The predicted octanol–water partition coefficient (Wildman–Crippen LogP) is 1.68. The molecule has 12 heteroatoms. The van der Waals surface area contributed by atoms with Gasteiger partial charge in [-0.25, -0.2) is 13.4 Å². The second-order valence-corrected chi connectivity index (χ2v) is 2.77. The monoisotopic (exact) mass is 252 g/mol. The lowest BCUT2D eigenvalue weighted by atomic mass is 11.0. The van der Waals surface area contributed by atoms with E-state index in [1.54, 1.807) is 18.7 Å². The minimum absolute atomic E-state index is 0. The van der Waals surface area contributed by atoms with Crippen LogP contribution in [0.25, 0.3) is 20.9 Å². The quantitative estimate of drug-likeness (QED) is 0.482. The lowest BCUT2D eigenvalue weighted by Gasteiger charge is -1.73. The molecular weight excluding hydrogens is 248 g/mol. The third kappa shape index (κ3) is 9.99. The third-order valence-corrected chi connectivity index (χ3v) is 1.24. The normalized spacial score (nSPS) is 8.00. The molecule has 1 aromatic rings. The van der Waals surface area contributed by atoms with Crippen LogP contribution < -0.4 is 0 Å². The van der Waals surface area contributed by atoms with Gasteiger partial charge in [-0.15, -0.1) is 12.4 Å². The average molecular weight is 253 g/mol. The summed E-state index contributed by atoms with van der Waals surface area (Å²) in [4.78, 5) is 10.2. The van der Waals surface area contributed by atoms with E-state index < -0.39 is 10.2 Å². The standard InChI is InChI=1S/C3H4N2.ClH.N6O2S/c1-2-5-3-4-1;;1-3-5-9(7,8)6-4-2/h1-3H,(H,4,5);1H;. The van der Waals surface area contributed by atoms with Crippen LogP contribution >= 0.6 is 12.4 Å². The number of nitrogens with zero attached hydrogens (tertiary/aromatic N) is 7. The first kappa shape index (κ1) is 15.5. The summed E-state index contributed by atoms with van der Waals surface area (Å²) in [6.07, 6.45) is 5.08. The van der Waals surface area contributed by atoms with Gasteiger partial charge in [0.05, 0.1) is 6.33 Å². The van der Waals surface area contributed by atoms with Crippen molar-refractivity contribution in [2.45, 2.75) is 0 Å². The first-order valence-corrected chi connectivity index (χ1v) is 4.32. The van der Waals surface area contributed by atoms with Gasteiger partial charge in [-0.05, 0) is 11.1 Å². The van der Waals surface area contributed by atoms with Gasteiger partial charge < -0.3 is 4.98 Å². The smallest absolute Gasteiger partial charge is 0.321 e. The molecule has 1 rings (SSSR count). The molecule has 10 nitrogen and oxygen atoms in total. The Labute approximate surface area is 90.2 Å². The van der Waals surface area contributed by atoms with Crippen molar-refractivity contribution in [3.05, 3.63) is 39.6 Å². The van der Waals surface area contributed by atoms with Crippen LogP contribution in [0, 0.1) is 0 Å². The van der Waals surface area contributed by atoms with Gasteiger partial charge >= 0.3 is 10.2 Å². The van der Waals surface area contributed by atoms with Gasteiger partial charge in [0.1, 0.15) is 0 Å². The maximum Gasteiger partial charge on any atom is 0.321 e. The summed E-state index contributed by atoms with van der Waals surface area (Å²) >= 11 is 0. The Morgan fingerprint density at radius 2 is 1.80 bits per heavy atom. The van der Waals surface area contributed by atoms with E-state index in [2.05, 4.69) is 19.0 Å². The molecule has 0 radical (unpaired) electrons. The zero-order valence-electron chi connectivity index (χ0n) is 7.00. The van der Waals surface area contributed by atoms with Crippen LogP contribution in [-0.4, -0.2) is 18.4 Å². The molecule has 82 valence electrons. The number of aromatic nitrogens is 2. The lowest BCUT2D eigenvalue weighted by Crippen LogP contribution is -1.82. The molecule has 0 spiro atoms. The number of azide groups is 1. The van der Waals surface area contributed by atoms with Crippen molar-refractivity contribution < 1.29 is 8.42 Å². The Morgan fingerprint density at radius 1 is 1.27 bits per heavy atom. The fraction of sp³-hybridized carbons (Fsp3) is 0. The summed E-state index contributed by atoms with van der Waals surface area (Å²) in [6.45, 7) is 0. The van der Waals surface area contributed by atoms with E-state index in [0.717, 1.165) is 0 Å². The van der Waals surface area contributed by atoms with Crippen molar-refractivity contribution in [3.8, 4) is 0 Å². The van der Waals surface area contributed by atoms with E-state index in [4.69, 9.17) is 11.1 Å². The Bertz CT molecular complexity index is 399. The van der Waals surface area contributed by atoms with Gasteiger partial charge in [-0.3, -0.25) is 0 Å². The largest absolute Gasteiger partial charge is 0.351 e. The molecule has 0 atom stereocenters. The number of nitrogens with one attached hydrogen (secondary N) is 1. The van der Waals surface area contributed by atoms with E-state index in [-0.39, 0.29) is 12.4 Å². The van der Waals surface area contributed by atoms with Crippen LogP contribution in [0.2, 0.25) is 0 Å². The van der Waals surface area contributed by atoms with E-state index in [0.29, 0.717) is 0 Å². The van der Waals surface area contributed by atoms with Crippen LogP contribution in [0.4, 0.5) is 0 Å². The molecule has 0 aliphatic carbocycles. The van der Waals surface area contributed by atoms with E-state index in [1.165, 1.54) is 0 Å². The molecule has 0 fully saturated rings. The first-order valence-electron chi connectivity index (χ1n) is 2.93. The van der Waals surface area contributed by atoms with Gasteiger partial charge in [0.2, 0.25) is 0 Å². The fourth-order valence-corrected chi connectivity index (χ4v) is 0.541. The van der Waals surface area contributed by atoms with Crippen molar-refractivity contribution in [1.82, 2.24) is 9.97 Å². The number of hydrogen-bond donors (Lipinski definition) is 1. The molecule has 0 saturated heterocycles. The first-order chi connectivity index (χ1) is 6.62. The van der Waals surface area contributed by atoms with E-state index in [1.807, 2.05) is 9.82 Å². The van der Waals surface area contributed by atoms with Gasteiger partial charge in [-0.2, -0.15) is 0 Å². The molecule has 0 amide bonds. The van der Waals surface area contributed by atoms with Gasteiger partial charge in [0, 0.05) is 31.3 Å². The topological polar surface area (TPSA) is 160 Å². The van der Waals surface area contributed by atoms with Crippen LogP contribution in [-0.2, 0) is 10.2 Å². The number of H-pyrrole nitrogens is 1. The lowest BCUT2D eigenvalue weighted by molar-refractivity contribution is 0.599. The molecule has 0 aliphatic rings. The highest BCUT2D eigenvalue weighted by Crippen LogP contribution is 1.92. The average Bonchev–Trinajstić information content (AvgIpc) is 2.59. The van der Waals surface area contributed by atoms with E-state index in [9.17, 15) is 8.42 Å². The highest BCUT2D eigenvalue weighted by Gasteiger charge is 1.99. The summed E-state index contributed by atoms with van der Waals surface area (Å²) < 4.78 is 24.3. The Kier molecular flexibility index (Phi) is 8.97. The van der Waals surface area contributed by atoms with Crippen molar-refractivity contribution in [3.63, 3.8) is 0 Å². The highest BCUT2D eigenvalue weighted by atomic mass is 35.5. The summed E-state index contributed by atoms with van der Waals surface area (Å²) in [6, 6.07) is 0. The molecule has 1 N–H and O–H groups in total. The predicted molar refractivity (Wildman–Crippen MR) is 53.0 cm³/mol. The summed E-state index contributed by atoms with van der Waals surface area (Å²) in [5.41, 5.74) is 15.0. The van der Waals surface area contributed by atoms with Crippen molar-refractivity contribution >= 4 is 22.6 Å². The second-order valence-electron chi connectivity index (χ2n) is 1.55. The zero-order valence-corrected chi connectivity index (χ0v) is 8.63. The second kappa shape index (κ2) is 8.66. The molecule has 1 aromatic heterocycles. The molecule has 0 bridgehead atoms. The summed E-state index contributed by atoms with van der Waals surface area (Å²) in [5, 5.41) is 0. The van der Waals surface area contributed by atoms with E-state index >= 15 is 0 Å². The molecule has 0 unspecified atom stereocenters. The number of rotatable bonds is 2. The molecule has 0 aromatic carbocycles. The van der Waals surface area contributed by atoms with Gasteiger partial charge in [0.15, 0.2) is 0 Å². The number of hydrogen-bond acceptors (Lipinski definition) is 3. The van der Waals surface area contributed by atoms with Gasteiger partial charge in [-0.1, -0.05) is 0 Å². The molecule has 1 heterocycles. The van der Waals surface area contributed by atoms with Crippen LogP contribution in [0.3, 0.4) is 0 Å². The van der Waals surface area contributed by atoms with Gasteiger partial charge in [0.25, 0.3) is 0 Å². The molecule has 15 heavy (non-hydrogen) atoms. The summed E-state index contributed by atoms with van der Waals surface area (Å²) in [5.74, 6) is 0. The van der Waals surface area contributed by atoms with Crippen LogP contribution in [0.5, 0.6) is 0 Å². The number of aromatic amines is 1. The maximum atomic E-state index is 9.99. The van der Waals surface area contributed by atoms with Crippen molar-refractivity contribution in [2.75, 3.05) is 0 Å². The molecular formula is C3H5ClN8O2S. The number of halogens is 1. The Balaban J connectivity index is 0. The molecule has 0 saturated carbocycles. The fourth-order valence-electron chi connectivity index (χ4n) is 0.324. The minimum Gasteiger partial charge on any atom is -0.351 e. The summed E-state index contributed by atoms with van der Waals surface area (Å²) in [7, 11) is -4.27. The van der Waals surface area contributed by atoms with Crippen LogP contribution in [0.15, 0.2) is 27.8 Å². The maximum absolute atomic E-state index is 9.99.